The molecule has 0 fully saturated rings. The van der Waals surface area contributed by atoms with Crippen molar-refractivity contribution >= 4 is 11.9 Å². The van der Waals surface area contributed by atoms with E-state index in [1.165, 1.54) is 116 Å². The summed E-state index contributed by atoms with van der Waals surface area (Å²) in [6.45, 7) is 12.4. The molecule has 0 aliphatic rings. The van der Waals surface area contributed by atoms with Crippen LogP contribution in [-0.2, 0) is 19.1 Å². The maximum Gasteiger partial charge on any atom is 0.309 e. The number of aliphatic hydroxyl groups excluding tert-OH is 1. The number of unbranched alkanes of at least 4 members (excludes halogenated alkanes) is 23. The normalized spacial score (nSPS) is 12.2. The zero-order chi connectivity index (χ0) is 37.5. The Morgan fingerprint density at radius 3 is 1.41 bits per heavy atom. The SMILES string of the molecule is CCCCCCCCCOC(=O)CCCCCCCN(CCO)CCCCCCC(C)OC(=O)C(CCCCCCCC)CCCCCCCC. The topological polar surface area (TPSA) is 76.1 Å². The minimum Gasteiger partial charge on any atom is -0.466 e. The highest BCUT2D eigenvalue weighted by Gasteiger charge is 2.21. The Kier molecular flexibility index (Phi) is 39.2. The number of esters is 2. The van der Waals surface area contributed by atoms with Crippen molar-refractivity contribution in [1.82, 2.24) is 4.90 Å². The first-order valence-corrected chi connectivity index (χ1v) is 22.7. The van der Waals surface area contributed by atoms with Gasteiger partial charge in [-0.25, -0.2) is 0 Å². The Balaban J connectivity index is 4.05. The molecule has 0 aromatic carbocycles. The standard InChI is InChI=1S/C45H89NO5/c1-5-8-11-14-17-25-32-41-50-44(48)36-29-21-18-23-30-37-46(39-40-47)38-31-24-22-26-33-42(4)51-45(49)43(34-27-19-15-12-9-6-2)35-28-20-16-13-10-7-3/h42-43,47H,5-41H2,1-4H3. The predicted octanol–water partition coefficient (Wildman–Crippen LogP) is 12.9. The molecule has 0 heterocycles. The highest BCUT2D eigenvalue weighted by atomic mass is 16.5. The van der Waals surface area contributed by atoms with Gasteiger partial charge in [0.1, 0.15) is 0 Å². The Morgan fingerprint density at radius 2 is 0.922 bits per heavy atom. The van der Waals surface area contributed by atoms with Gasteiger partial charge in [0.15, 0.2) is 0 Å². The maximum atomic E-state index is 13.2. The second-order valence-corrected chi connectivity index (χ2v) is 15.7. The van der Waals surface area contributed by atoms with E-state index >= 15 is 0 Å². The summed E-state index contributed by atoms with van der Waals surface area (Å²) in [5.74, 6) is 0.105. The molecule has 51 heavy (non-hydrogen) atoms. The van der Waals surface area contributed by atoms with Crippen LogP contribution in [-0.4, -0.2) is 60.9 Å². The molecule has 0 aromatic heterocycles. The fourth-order valence-corrected chi connectivity index (χ4v) is 7.13. The molecule has 0 aromatic rings. The van der Waals surface area contributed by atoms with Crippen LogP contribution in [0.15, 0.2) is 0 Å². The Hall–Kier alpha value is -1.14. The van der Waals surface area contributed by atoms with Gasteiger partial charge in [0.25, 0.3) is 0 Å². The maximum absolute atomic E-state index is 13.2. The Morgan fingerprint density at radius 1 is 0.510 bits per heavy atom. The van der Waals surface area contributed by atoms with Gasteiger partial charge in [-0.15, -0.1) is 0 Å². The second kappa shape index (κ2) is 40.1. The van der Waals surface area contributed by atoms with Crippen molar-refractivity contribution < 1.29 is 24.2 Å². The molecule has 6 heteroatoms. The van der Waals surface area contributed by atoms with Crippen LogP contribution in [0.5, 0.6) is 0 Å². The van der Waals surface area contributed by atoms with E-state index in [0.717, 1.165) is 103 Å². The molecule has 0 amide bonds. The first kappa shape index (κ1) is 49.9. The molecule has 6 nitrogen and oxygen atoms in total. The van der Waals surface area contributed by atoms with E-state index in [1.807, 2.05) is 0 Å². The lowest BCUT2D eigenvalue weighted by Crippen LogP contribution is -2.29. The van der Waals surface area contributed by atoms with Crippen molar-refractivity contribution in [3.05, 3.63) is 0 Å². The van der Waals surface area contributed by atoms with Crippen molar-refractivity contribution in [3.63, 3.8) is 0 Å². The molecule has 0 saturated heterocycles. The van der Waals surface area contributed by atoms with E-state index in [9.17, 15) is 14.7 Å². The zero-order valence-electron chi connectivity index (χ0n) is 34.8. The third-order valence-corrected chi connectivity index (χ3v) is 10.6. The van der Waals surface area contributed by atoms with Crippen molar-refractivity contribution in [2.45, 2.75) is 239 Å². The van der Waals surface area contributed by atoms with Gasteiger partial charge in [-0.2, -0.15) is 0 Å². The van der Waals surface area contributed by atoms with Gasteiger partial charge in [-0.05, 0) is 71.4 Å². The number of hydrogen-bond acceptors (Lipinski definition) is 6. The number of carbonyl (C=O) groups is 2. The average molecular weight is 724 g/mol. The minimum atomic E-state index is -0.0307. The summed E-state index contributed by atoms with van der Waals surface area (Å²) in [6.07, 6.45) is 37.4. The molecule has 1 N–H and O–H groups in total. The van der Waals surface area contributed by atoms with Gasteiger partial charge < -0.3 is 19.5 Å². The van der Waals surface area contributed by atoms with Crippen LogP contribution in [0.3, 0.4) is 0 Å². The molecule has 0 bridgehead atoms. The summed E-state index contributed by atoms with van der Waals surface area (Å²) >= 11 is 0. The Labute approximate surface area is 318 Å². The molecule has 0 aliphatic heterocycles. The van der Waals surface area contributed by atoms with Crippen LogP contribution in [0, 0.1) is 5.92 Å². The van der Waals surface area contributed by atoms with Crippen molar-refractivity contribution in [2.24, 2.45) is 5.92 Å². The molecule has 0 rings (SSSR count). The lowest BCUT2D eigenvalue weighted by molar-refractivity contribution is -0.154. The van der Waals surface area contributed by atoms with E-state index in [4.69, 9.17) is 9.47 Å². The number of nitrogens with zero attached hydrogens (tertiary/aromatic N) is 1. The Bertz CT molecular complexity index is 715. The summed E-state index contributed by atoms with van der Waals surface area (Å²) in [6, 6.07) is 0. The quantitative estimate of drug-likeness (QED) is 0.0500. The van der Waals surface area contributed by atoms with Gasteiger partial charge >= 0.3 is 11.9 Å². The number of rotatable bonds is 41. The zero-order valence-corrected chi connectivity index (χ0v) is 34.8. The third-order valence-electron chi connectivity index (χ3n) is 10.6. The number of carbonyl (C=O) groups excluding carboxylic acids is 2. The molecular weight excluding hydrogens is 634 g/mol. The van der Waals surface area contributed by atoms with Crippen molar-refractivity contribution in [3.8, 4) is 0 Å². The van der Waals surface area contributed by atoms with E-state index in [1.54, 1.807) is 0 Å². The molecule has 304 valence electrons. The van der Waals surface area contributed by atoms with E-state index in [0.29, 0.717) is 13.0 Å². The average Bonchev–Trinajstić information content (AvgIpc) is 3.12. The smallest absolute Gasteiger partial charge is 0.309 e. The molecule has 0 radical (unpaired) electrons. The molecule has 1 unspecified atom stereocenters. The largest absolute Gasteiger partial charge is 0.466 e. The number of hydrogen-bond donors (Lipinski definition) is 1. The highest BCUT2D eigenvalue weighted by Crippen LogP contribution is 2.22. The molecule has 0 aliphatic carbocycles. The van der Waals surface area contributed by atoms with Crippen LogP contribution in [0.1, 0.15) is 233 Å². The van der Waals surface area contributed by atoms with E-state index in [2.05, 4.69) is 32.6 Å². The van der Waals surface area contributed by atoms with Gasteiger partial charge in [-0.3, -0.25) is 9.59 Å². The van der Waals surface area contributed by atoms with Gasteiger partial charge in [-0.1, -0.05) is 168 Å². The molecule has 0 saturated carbocycles. The predicted molar refractivity (Wildman–Crippen MR) is 218 cm³/mol. The molecule has 1 atom stereocenters. The van der Waals surface area contributed by atoms with Crippen LogP contribution >= 0.6 is 0 Å². The first-order chi connectivity index (χ1) is 25.0. The summed E-state index contributed by atoms with van der Waals surface area (Å²) in [5, 5.41) is 9.57. The summed E-state index contributed by atoms with van der Waals surface area (Å²) < 4.78 is 11.4. The van der Waals surface area contributed by atoms with E-state index in [-0.39, 0.29) is 30.6 Å². The number of ether oxygens (including phenoxy) is 2. The number of aliphatic hydroxyl groups is 1. The molecular formula is C45H89NO5. The van der Waals surface area contributed by atoms with Gasteiger partial charge in [0, 0.05) is 13.0 Å². The summed E-state index contributed by atoms with van der Waals surface area (Å²) in [7, 11) is 0. The third kappa shape index (κ3) is 35.6. The highest BCUT2D eigenvalue weighted by molar-refractivity contribution is 5.72. The van der Waals surface area contributed by atoms with Crippen molar-refractivity contribution in [2.75, 3.05) is 32.8 Å². The lowest BCUT2D eigenvalue weighted by atomic mass is 9.94. The van der Waals surface area contributed by atoms with E-state index < -0.39 is 0 Å². The van der Waals surface area contributed by atoms with Crippen LogP contribution in [0.2, 0.25) is 0 Å². The first-order valence-electron chi connectivity index (χ1n) is 22.7. The second-order valence-electron chi connectivity index (χ2n) is 15.7. The summed E-state index contributed by atoms with van der Waals surface area (Å²) in [5.41, 5.74) is 0. The van der Waals surface area contributed by atoms with Crippen LogP contribution < -0.4 is 0 Å². The molecule has 0 spiro atoms. The van der Waals surface area contributed by atoms with Crippen LogP contribution in [0.4, 0.5) is 0 Å². The van der Waals surface area contributed by atoms with Crippen molar-refractivity contribution in [1.29, 1.82) is 0 Å². The fourth-order valence-electron chi connectivity index (χ4n) is 7.13. The van der Waals surface area contributed by atoms with Gasteiger partial charge in [0.05, 0.1) is 25.2 Å². The van der Waals surface area contributed by atoms with Gasteiger partial charge in [0.2, 0.25) is 0 Å². The van der Waals surface area contributed by atoms with Crippen LogP contribution in [0.25, 0.3) is 0 Å². The fraction of sp³-hybridized carbons (Fsp3) is 0.956. The minimum absolute atomic E-state index is 0.000506. The monoisotopic (exact) mass is 724 g/mol. The lowest BCUT2D eigenvalue weighted by Gasteiger charge is -2.21. The summed E-state index contributed by atoms with van der Waals surface area (Å²) in [4.78, 5) is 27.6.